The van der Waals surface area contributed by atoms with E-state index < -0.39 is 0 Å². The summed E-state index contributed by atoms with van der Waals surface area (Å²) in [6.07, 6.45) is 1.78. The van der Waals surface area contributed by atoms with E-state index in [2.05, 4.69) is 4.98 Å². The number of pyridine rings is 1. The average Bonchev–Trinajstić information content (AvgIpc) is 2.30. The van der Waals surface area contributed by atoms with Crippen molar-refractivity contribution in [3.05, 3.63) is 36.0 Å². The lowest BCUT2D eigenvalue weighted by Gasteiger charge is -2.10. The van der Waals surface area contributed by atoms with Crippen LogP contribution in [0, 0.1) is 0 Å². The van der Waals surface area contributed by atoms with Gasteiger partial charge in [0.1, 0.15) is 5.75 Å². The van der Waals surface area contributed by atoms with Gasteiger partial charge in [-0.25, -0.2) is 0 Å². The zero-order valence-corrected chi connectivity index (χ0v) is 8.86. The van der Waals surface area contributed by atoms with Crippen LogP contribution < -0.4 is 4.74 Å². The summed E-state index contributed by atoms with van der Waals surface area (Å²) in [7, 11) is 3.32. The normalized spacial score (nSPS) is 10.5. The lowest BCUT2D eigenvalue weighted by molar-refractivity contribution is 0.182. The van der Waals surface area contributed by atoms with Crippen molar-refractivity contribution in [2.45, 2.75) is 6.61 Å². The van der Waals surface area contributed by atoms with Gasteiger partial charge in [-0.1, -0.05) is 6.07 Å². The summed E-state index contributed by atoms with van der Waals surface area (Å²) in [5, 5.41) is 1.10. The van der Waals surface area contributed by atoms with E-state index in [9.17, 15) is 0 Å². The van der Waals surface area contributed by atoms with Gasteiger partial charge in [0, 0.05) is 24.3 Å². The molecule has 0 aliphatic rings. The molecule has 2 rings (SSSR count). The summed E-state index contributed by atoms with van der Waals surface area (Å²) in [5.74, 6) is 0.822. The van der Waals surface area contributed by atoms with Crippen molar-refractivity contribution >= 4 is 10.9 Å². The Labute approximate surface area is 88.7 Å². The molecule has 0 fully saturated rings. The highest BCUT2D eigenvalue weighted by Crippen LogP contribution is 2.26. The van der Waals surface area contributed by atoms with Gasteiger partial charge in [0.2, 0.25) is 0 Å². The van der Waals surface area contributed by atoms with Crippen LogP contribution in [0.4, 0.5) is 0 Å². The highest BCUT2D eigenvalue weighted by Gasteiger charge is 2.08. The minimum atomic E-state index is 0.511. The summed E-state index contributed by atoms with van der Waals surface area (Å²) < 4.78 is 10.4. The fourth-order valence-electron chi connectivity index (χ4n) is 1.66. The predicted molar refractivity (Wildman–Crippen MR) is 59.0 cm³/mol. The standard InChI is InChI=1S/C12H13NO2/c1-14-8-10-11(15-2)6-5-9-4-3-7-13-12(9)10/h3-7H,8H2,1-2H3. The molecular formula is C12H13NO2. The van der Waals surface area contributed by atoms with Crippen LogP contribution in [0.5, 0.6) is 5.75 Å². The molecule has 0 spiro atoms. The molecule has 3 heteroatoms. The topological polar surface area (TPSA) is 31.4 Å². The first kappa shape index (κ1) is 9.93. The molecule has 0 saturated carbocycles. The third-order valence-electron chi connectivity index (χ3n) is 2.35. The van der Waals surface area contributed by atoms with Crippen LogP contribution >= 0.6 is 0 Å². The molecule has 2 aromatic rings. The highest BCUT2D eigenvalue weighted by molar-refractivity contribution is 5.83. The van der Waals surface area contributed by atoms with E-state index >= 15 is 0 Å². The molecule has 0 unspecified atom stereocenters. The van der Waals surface area contributed by atoms with Crippen molar-refractivity contribution in [1.29, 1.82) is 0 Å². The Morgan fingerprint density at radius 1 is 1.20 bits per heavy atom. The van der Waals surface area contributed by atoms with Crippen LogP contribution in [0.3, 0.4) is 0 Å². The Morgan fingerprint density at radius 3 is 2.80 bits per heavy atom. The van der Waals surface area contributed by atoms with Crippen LogP contribution in [0.25, 0.3) is 10.9 Å². The molecule has 0 saturated heterocycles. The molecule has 1 aromatic heterocycles. The maximum atomic E-state index is 5.29. The van der Waals surface area contributed by atoms with Gasteiger partial charge in [-0.3, -0.25) is 4.98 Å². The van der Waals surface area contributed by atoms with E-state index in [1.165, 1.54) is 0 Å². The number of rotatable bonds is 3. The zero-order chi connectivity index (χ0) is 10.7. The van der Waals surface area contributed by atoms with Crippen LogP contribution in [0.2, 0.25) is 0 Å². The first-order valence-electron chi connectivity index (χ1n) is 4.76. The van der Waals surface area contributed by atoms with Gasteiger partial charge >= 0.3 is 0 Å². The quantitative estimate of drug-likeness (QED) is 0.767. The first-order chi connectivity index (χ1) is 7.36. The lowest BCUT2D eigenvalue weighted by Crippen LogP contribution is -1.96. The maximum Gasteiger partial charge on any atom is 0.126 e. The maximum absolute atomic E-state index is 5.29. The molecule has 3 nitrogen and oxygen atoms in total. The molecule has 15 heavy (non-hydrogen) atoms. The third kappa shape index (κ3) is 1.78. The van der Waals surface area contributed by atoms with Crippen LogP contribution in [-0.4, -0.2) is 19.2 Å². The van der Waals surface area contributed by atoms with E-state index in [0.717, 1.165) is 22.2 Å². The van der Waals surface area contributed by atoms with Gasteiger partial charge in [0.25, 0.3) is 0 Å². The zero-order valence-electron chi connectivity index (χ0n) is 8.86. The monoisotopic (exact) mass is 203 g/mol. The van der Waals surface area contributed by atoms with E-state index in [0.29, 0.717) is 6.61 Å². The second-order valence-electron chi connectivity index (χ2n) is 3.25. The fraction of sp³-hybridized carbons (Fsp3) is 0.250. The van der Waals surface area contributed by atoms with E-state index in [4.69, 9.17) is 9.47 Å². The highest BCUT2D eigenvalue weighted by atomic mass is 16.5. The molecule has 0 N–H and O–H groups in total. The second kappa shape index (κ2) is 4.28. The van der Waals surface area contributed by atoms with E-state index in [-0.39, 0.29) is 0 Å². The van der Waals surface area contributed by atoms with Gasteiger partial charge in [-0.15, -0.1) is 0 Å². The van der Waals surface area contributed by atoms with Gasteiger partial charge in [0.05, 0.1) is 19.2 Å². The first-order valence-corrected chi connectivity index (χ1v) is 4.76. The fourth-order valence-corrected chi connectivity index (χ4v) is 1.66. The Hall–Kier alpha value is -1.61. The average molecular weight is 203 g/mol. The molecule has 0 atom stereocenters. The summed E-state index contributed by atoms with van der Waals surface area (Å²) in [6.45, 7) is 0.511. The SMILES string of the molecule is COCc1c(OC)ccc2cccnc12. The molecule has 0 bridgehead atoms. The number of nitrogens with zero attached hydrogens (tertiary/aromatic N) is 1. The number of methoxy groups -OCH3 is 2. The molecule has 0 amide bonds. The Bertz CT molecular complexity index is 468. The minimum Gasteiger partial charge on any atom is -0.496 e. The second-order valence-corrected chi connectivity index (χ2v) is 3.25. The molecule has 0 radical (unpaired) electrons. The molecular weight excluding hydrogens is 190 g/mol. The Kier molecular flexibility index (Phi) is 2.83. The van der Waals surface area contributed by atoms with E-state index in [1.807, 2.05) is 24.3 Å². The molecule has 1 aromatic carbocycles. The number of hydrogen-bond donors (Lipinski definition) is 0. The minimum absolute atomic E-state index is 0.511. The van der Waals surface area contributed by atoms with Gasteiger partial charge < -0.3 is 9.47 Å². The predicted octanol–water partition coefficient (Wildman–Crippen LogP) is 2.39. The van der Waals surface area contributed by atoms with Gasteiger partial charge in [-0.05, 0) is 18.2 Å². The number of fused-ring (bicyclic) bond motifs is 1. The van der Waals surface area contributed by atoms with Crippen molar-refractivity contribution in [2.24, 2.45) is 0 Å². The molecule has 0 aliphatic carbocycles. The Morgan fingerprint density at radius 2 is 2.07 bits per heavy atom. The van der Waals surface area contributed by atoms with Crippen LogP contribution in [0.1, 0.15) is 5.56 Å². The van der Waals surface area contributed by atoms with E-state index in [1.54, 1.807) is 20.4 Å². The summed E-state index contributed by atoms with van der Waals surface area (Å²) in [6, 6.07) is 7.89. The molecule has 1 heterocycles. The number of hydrogen-bond acceptors (Lipinski definition) is 3. The van der Waals surface area contributed by atoms with Crippen molar-refractivity contribution in [3.63, 3.8) is 0 Å². The number of benzene rings is 1. The van der Waals surface area contributed by atoms with Crippen molar-refractivity contribution in [2.75, 3.05) is 14.2 Å². The smallest absolute Gasteiger partial charge is 0.126 e. The lowest BCUT2D eigenvalue weighted by atomic mass is 10.1. The third-order valence-corrected chi connectivity index (χ3v) is 2.35. The summed E-state index contributed by atoms with van der Waals surface area (Å²) in [5.41, 5.74) is 1.94. The van der Waals surface area contributed by atoms with Crippen molar-refractivity contribution < 1.29 is 9.47 Å². The van der Waals surface area contributed by atoms with Crippen molar-refractivity contribution in [1.82, 2.24) is 4.98 Å². The number of aromatic nitrogens is 1. The van der Waals surface area contributed by atoms with Crippen molar-refractivity contribution in [3.8, 4) is 5.75 Å². The largest absolute Gasteiger partial charge is 0.496 e. The summed E-state index contributed by atoms with van der Waals surface area (Å²) >= 11 is 0. The Balaban J connectivity index is 2.67. The van der Waals surface area contributed by atoms with Gasteiger partial charge in [-0.2, -0.15) is 0 Å². The molecule has 78 valence electrons. The van der Waals surface area contributed by atoms with Gasteiger partial charge in [0.15, 0.2) is 0 Å². The van der Waals surface area contributed by atoms with Crippen LogP contribution in [-0.2, 0) is 11.3 Å². The van der Waals surface area contributed by atoms with Crippen LogP contribution in [0.15, 0.2) is 30.5 Å². The molecule has 0 aliphatic heterocycles. The number of ether oxygens (including phenoxy) is 2. The summed E-state index contributed by atoms with van der Waals surface area (Å²) in [4.78, 5) is 4.35.